The minimum atomic E-state index is -4.36. The summed E-state index contributed by atoms with van der Waals surface area (Å²) < 4.78 is 52.1. The highest BCUT2D eigenvalue weighted by molar-refractivity contribution is 7.89. The number of ether oxygens (including phenoxy) is 1. The topological polar surface area (TPSA) is 86.5 Å². The van der Waals surface area contributed by atoms with Crippen LogP contribution in [0.25, 0.3) is 0 Å². The van der Waals surface area contributed by atoms with Gasteiger partial charge in [0.2, 0.25) is 10.0 Å². The number of nitrogens with two attached hydrogens (primary N) is 1. The largest absolute Gasteiger partial charge is 0.465 e. The minimum absolute atomic E-state index is 0.256. The van der Waals surface area contributed by atoms with Crippen molar-refractivity contribution in [3.8, 4) is 0 Å². The lowest BCUT2D eigenvalue weighted by molar-refractivity contribution is 0.0595. The van der Waals surface area contributed by atoms with Crippen LogP contribution in [0.15, 0.2) is 17.0 Å². The molecule has 1 rings (SSSR count). The van der Waals surface area contributed by atoms with E-state index in [1.165, 1.54) is 0 Å². The Bertz CT molecular complexity index is 541. The van der Waals surface area contributed by atoms with Crippen molar-refractivity contribution in [1.82, 2.24) is 0 Å². The highest BCUT2D eigenvalue weighted by Crippen LogP contribution is 2.18. The molecule has 0 unspecified atom stereocenters. The van der Waals surface area contributed by atoms with E-state index in [4.69, 9.17) is 0 Å². The van der Waals surface area contributed by atoms with Crippen LogP contribution in [0.3, 0.4) is 0 Å². The van der Waals surface area contributed by atoms with Gasteiger partial charge in [0.15, 0.2) is 0 Å². The van der Waals surface area contributed by atoms with Crippen LogP contribution in [0, 0.1) is 11.6 Å². The predicted octanol–water partition coefficient (Wildman–Crippen LogP) is 0.399. The molecule has 0 amide bonds. The number of primary sulfonamides is 1. The molecule has 0 aliphatic rings. The van der Waals surface area contributed by atoms with Crippen LogP contribution in [-0.2, 0) is 14.8 Å². The van der Waals surface area contributed by atoms with Crippen molar-refractivity contribution in [1.29, 1.82) is 0 Å². The first kappa shape index (κ1) is 12.5. The Morgan fingerprint density at radius 1 is 1.31 bits per heavy atom. The van der Waals surface area contributed by atoms with Crippen molar-refractivity contribution >= 4 is 16.0 Å². The highest BCUT2D eigenvalue weighted by atomic mass is 32.2. The lowest BCUT2D eigenvalue weighted by atomic mass is 10.2. The van der Waals surface area contributed by atoms with Gasteiger partial charge in [-0.25, -0.2) is 27.1 Å². The zero-order chi connectivity index (χ0) is 12.5. The van der Waals surface area contributed by atoms with Crippen molar-refractivity contribution in [2.24, 2.45) is 5.14 Å². The van der Waals surface area contributed by atoms with Gasteiger partial charge in [-0.3, -0.25) is 0 Å². The average molecular weight is 251 g/mol. The smallest absolute Gasteiger partial charge is 0.340 e. The summed E-state index contributed by atoms with van der Waals surface area (Å²) in [4.78, 5) is 10.0. The van der Waals surface area contributed by atoms with Gasteiger partial charge in [0.1, 0.15) is 16.5 Å². The first-order valence-corrected chi connectivity index (χ1v) is 5.42. The normalized spacial score (nSPS) is 11.2. The van der Waals surface area contributed by atoms with E-state index < -0.39 is 38.1 Å². The summed E-state index contributed by atoms with van der Waals surface area (Å²) in [5, 5.41) is 4.68. The van der Waals surface area contributed by atoms with Gasteiger partial charge in [0, 0.05) is 6.07 Å². The van der Waals surface area contributed by atoms with Crippen molar-refractivity contribution in [3.63, 3.8) is 0 Å². The summed E-state index contributed by atoms with van der Waals surface area (Å²) in [5.41, 5.74) is -0.701. The van der Waals surface area contributed by atoms with Gasteiger partial charge in [0.25, 0.3) is 0 Å². The van der Waals surface area contributed by atoms with E-state index in [2.05, 4.69) is 9.88 Å². The third-order valence-corrected chi connectivity index (χ3v) is 2.66. The Morgan fingerprint density at radius 2 is 1.88 bits per heavy atom. The Labute approximate surface area is 89.9 Å². The fraction of sp³-hybridized carbons (Fsp3) is 0.125. The number of rotatable bonds is 2. The molecule has 8 heteroatoms. The van der Waals surface area contributed by atoms with E-state index >= 15 is 0 Å². The maximum atomic E-state index is 13.1. The highest BCUT2D eigenvalue weighted by Gasteiger charge is 2.21. The molecule has 88 valence electrons. The summed E-state index contributed by atoms with van der Waals surface area (Å²) in [5.74, 6) is -3.72. The van der Waals surface area contributed by atoms with E-state index in [1.807, 2.05) is 0 Å². The molecule has 0 bridgehead atoms. The number of halogens is 2. The fourth-order valence-electron chi connectivity index (χ4n) is 1.01. The van der Waals surface area contributed by atoms with Crippen LogP contribution >= 0.6 is 0 Å². The van der Waals surface area contributed by atoms with Crippen LogP contribution in [0.4, 0.5) is 8.78 Å². The number of carbonyl (C=O) groups is 1. The lowest BCUT2D eigenvalue weighted by Crippen LogP contribution is -2.16. The Balaban J connectivity index is 3.51. The summed E-state index contributed by atoms with van der Waals surface area (Å²) in [6.45, 7) is 0. The number of carbonyl (C=O) groups excluding carboxylic acids is 1. The molecule has 0 atom stereocenters. The SMILES string of the molecule is COC(=O)c1cc(S(N)(=O)=O)c(F)cc1F. The second-order valence-corrected chi connectivity index (χ2v) is 4.33. The van der Waals surface area contributed by atoms with Gasteiger partial charge in [-0.15, -0.1) is 0 Å². The van der Waals surface area contributed by atoms with E-state index in [0.717, 1.165) is 7.11 Å². The number of hydrogen-bond acceptors (Lipinski definition) is 4. The molecule has 0 aromatic heterocycles. The third-order valence-electron chi connectivity index (χ3n) is 1.73. The first-order chi connectivity index (χ1) is 7.27. The van der Waals surface area contributed by atoms with Gasteiger partial charge in [-0.1, -0.05) is 0 Å². The van der Waals surface area contributed by atoms with Gasteiger partial charge in [-0.2, -0.15) is 0 Å². The van der Waals surface area contributed by atoms with Crippen LogP contribution < -0.4 is 5.14 Å². The van der Waals surface area contributed by atoms with E-state index in [1.54, 1.807) is 0 Å². The summed E-state index contributed by atoms with van der Waals surface area (Å²) >= 11 is 0. The molecule has 0 heterocycles. The van der Waals surface area contributed by atoms with Crippen LogP contribution in [0.2, 0.25) is 0 Å². The van der Waals surface area contributed by atoms with Gasteiger partial charge in [0.05, 0.1) is 12.7 Å². The minimum Gasteiger partial charge on any atom is -0.465 e. The van der Waals surface area contributed by atoms with Crippen molar-refractivity contribution in [2.75, 3.05) is 7.11 Å². The van der Waals surface area contributed by atoms with Gasteiger partial charge >= 0.3 is 5.97 Å². The predicted molar refractivity (Wildman–Crippen MR) is 49.1 cm³/mol. The molecule has 0 fully saturated rings. The molecule has 0 aliphatic heterocycles. The Kier molecular flexibility index (Phi) is 3.24. The fourth-order valence-corrected chi connectivity index (χ4v) is 1.63. The average Bonchev–Trinajstić information content (AvgIpc) is 2.14. The van der Waals surface area contributed by atoms with E-state index in [0.29, 0.717) is 6.07 Å². The van der Waals surface area contributed by atoms with E-state index in [-0.39, 0.29) is 6.07 Å². The number of esters is 1. The van der Waals surface area contributed by atoms with Gasteiger partial charge < -0.3 is 4.74 Å². The number of hydrogen-bond donors (Lipinski definition) is 1. The molecule has 5 nitrogen and oxygen atoms in total. The van der Waals surface area contributed by atoms with Crippen molar-refractivity contribution in [3.05, 3.63) is 29.3 Å². The maximum Gasteiger partial charge on any atom is 0.340 e. The molecule has 1 aromatic rings. The quantitative estimate of drug-likeness (QED) is 0.771. The number of sulfonamides is 1. The van der Waals surface area contributed by atoms with Crippen LogP contribution in [0.1, 0.15) is 10.4 Å². The Hall–Kier alpha value is -1.54. The van der Waals surface area contributed by atoms with Crippen molar-refractivity contribution in [2.45, 2.75) is 4.90 Å². The molecular weight excluding hydrogens is 244 g/mol. The zero-order valence-electron chi connectivity index (χ0n) is 8.03. The molecule has 2 N–H and O–H groups in total. The summed E-state index contributed by atoms with van der Waals surface area (Å²) in [6.07, 6.45) is 0. The first-order valence-electron chi connectivity index (χ1n) is 3.87. The zero-order valence-corrected chi connectivity index (χ0v) is 8.85. The molecule has 0 spiro atoms. The number of benzene rings is 1. The maximum absolute atomic E-state index is 13.1. The molecule has 0 aliphatic carbocycles. The van der Waals surface area contributed by atoms with Crippen LogP contribution in [-0.4, -0.2) is 21.5 Å². The second kappa shape index (κ2) is 4.14. The summed E-state index contributed by atoms with van der Waals surface area (Å²) in [7, 11) is -3.39. The number of methoxy groups -OCH3 is 1. The molecule has 0 radical (unpaired) electrons. The molecule has 16 heavy (non-hydrogen) atoms. The van der Waals surface area contributed by atoms with Gasteiger partial charge in [-0.05, 0) is 6.07 Å². The standard InChI is InChI=1S/C8H7F2NO4S/c1-15-8(12)4-2-7(16(11,13)14)6(10)3-5(4)9/h2-3H,1H3,(H2,11,13,14). The second-order valence-electron chi connectivity index (χ2n) is 2.80. The monoisotopic (exact) mass is 251 g/mol. The molecular formula is C8H7F2NO4S. The molecule has 1 aromatic carbocycles. The summed E-state index contributed by atoms with van der Waals surface area (Å²) in [6, 6.07) is 0.748. The lowest BCUT2D eigenvalue weighted by Gasteiger charge is -2.05. The molecule has 0 saturated carbocycles. The van der Waals surface area contributed by atoms with E-state index in [9.17, 15) is 22.0 Å². The van der Waals surface area contributed by atoms with Crippen molar-refractivity contribution < 1.29 is 26.7 Å². The molecule has 0 saturated heterocycles. The third kappa shape index (κ3) is 2.34. The van der Waals surface area contributed by atoms with Crippen LogP contribution in [0.5, 0.6) is 0 Å². The Morgan fingerprint density at radius 3 is 2.31 bits per heavy atom.